The van der Waals surface area contributed by atoms with Crippen LogP contribution >= 0.6 is 23.2 Å². The number of carbonyl (C=O) groups is 10. The Kier molecular flexibility index (Phi) is 46.5. The predicted octanol–water partition coefficient (Wildman–Crippen LogP) is 10.5. The van der Waals surface area contributed by atoms with E-state index < -0.39 is 85.7 Å². The smallest absolute Gasteiger partial charge is 0.408 e. The van der Waals surface area contributed by atoms with Crippen molar-refractivity contribution >= 4 is 83.7 Å². The molecule has 6 aliphatic rings. The number of nitrogens with one attached hydrogen (secondary N) is 4. The van der Waals surface area contributed by atoms with E-state index in [1.54, 1.807) is 82.2 Å². The molecule has 0 aromatic carbocycles. The van der Waals surface area contributed by atoms with Crippen LogP contribution in [-0.4, -0.2) is 228 Å². The third-order valence-corrected chi connectivity index (χ3v) is 16.7. The summed E-state index contributed by atoms with van der Waals surface area (Å²) in [6, 6.07) is 0. The molecular weight excluding hydrogens is 1400 g/mol. The summed E-state index contributed by atoms with van der Waals surface area (Å²) in [4.78, 5) is 114. The lowest BCUT2D eigenvalue weighted by atomic mass is 9.85. The van der Waals surface area contributed by atoms with Gasteiger partial charge in [0.1, 0.15) is 44.6 Å². The van der Waals surface area contributed by atoms with Gasteiger partial charge < -0.3 is 109 Å². The number of amides is 4. The molecule has 4 amide bonds. The minimum atomic E-state index is -1.03. The summed E-state index contributed by atoms with van der Waals surface area (Å²) >= 11 is 12.3. The van der Waals surface area contributed by atoms with E-state index in [0.717, 1.165) is 19.1 Å². The maximum absolute atomic E-state index is 12.0. The standard InChI is InChI=1S/C15H27NO5.C15H25NO5.C12H21NO5.C11H19NO4.C10H17ClO3.C7H11ClO3.2H3N/c2*1-5-20-12(17)6-7-15(8-10-19-11-9-15)16-13(18)21-14(2,3)4;1-11(2,3)18-10(15)13-12(9(14)16-4)5-7-17-8-6-12;1-10(2,3)16-9(14)12-11(8-13)4-6-15-7-5-11;1-2-14-9(12)3-4-10(11)5-7-13-8-6-10;1-10-6(9)7(8)2-4-11-5-3-7;;/h5-11H2,1-4H3,(H,16,18);6-7H,5,8-11H2,1-4H3,(H,16,18);5-8H2,1-4H3,(H,13,15);8H,4-7H2,1-3H3,(H,12,14);2-8H2,1H3;2-5H2,1H3;2*1H3/b;7-6+;;;;;;. The lowest BCUT2D eigenvalue weighted by molar-refractivity contribution is -0.153. The Hall–Kier alpha value is -5.90. The molecule has 0 unspecified atom stereocenters. The number of methoxy groups -OCH3 is 2. The molecule has 0 atom stereocenters. The van der Waals surface area contributed by atoms with Crippen LogP contribution in [-0.2, 0) is 99.8 Å². The zero-order chi connectivity index (χ0) is 76.7. The van der Waals surface area contributed by atoms with Crippen LogP contribution in [0.25, 0.3) is 0 Å². The third kappa shape index (κ3) is 43.4. The van der Waals surface area contributed by atoms with Gasteiger partial charge in [0, 0.05) is 147 Å². The number of carbonyl (C=O) groups excluding carboxylic acids is 10. The quantitative estimate of drug-likeness (QED) is 0.0244. The van der Waals surface area contributed by atoms with E-state index in [0.29, 0.717) is 183 Å². The Balaban J connectivity index is 0. The van der Waals surface area contributed by atoms with Crippen LogP contribution in [0.5, 0.6) is 0 Å². The highest BCUT2D eigenvalue weighted by Crippen LogP contribution is 2.34. The Morgan fingerprint density at radius 2 is 0.728 bits per heavy atom. The van der Waals surface area contributed by atoms with Crippen molar-refractivity contribution in [3.05, 3.63) is 12.2 Å². The first-order valence-corrected chi connectivity index (χ1v) is 35.5. The van der Waals surface area contributed by atoms with E-state index in [1.807, 2.05) is 27.7 Å². The highest BCUT2D eigenvalue weighted by Gasteiger charge is 2.45. The maximum atomic E-state index is 12.0. The molecule has 10 N–H and O–H groups in total. The molecule has 0 bridgehead atoms. The normalized spacial score (nSPS) is 19.0. The van der Waals surface area contributed by atoms with Crippen molar-refractivity contribution in [2.75, 3.05) is 113 Å². The number of hydrogen-bond acceptors (Lipinski definition) is 27. The number of esters is 5. The van der Waals surface area contributed by atoms with E-state index in [-0.39, 0.29) is 41.5 Å². The van der Waals surface area contributed by atoms with E-state index in [9.17, 15) is 47.9 Å². The fourth-order valence-corrected chi connectivity index (χ4v) is 10.7. The molecule has 6 fully saturated rings. The van der Waals surface area contributed by atoms with Gasteiger partial charge in [-0.1, -0.05) is 6.08 Å². The Bertz CT molecular complexity index is 2550. The largest absolute Gasteiger partial charge is 0.468 e. The molecule has 0 aromatic rings. The number of alkyl halides is 2. The zero-order valence-corrected chi connectivity index (χ0v) is 66.0. The summed E-state index contributed by atoms with van der Waals surface area (Å²) in [7, 11) is 2.65. The number of hydrogen-bond donors (Lipinski definition) is 6. The monoisotopic (exact) mass is 1520 g/mol. The van der Waals surface area contributed by atoms with Crippen LogP contribution in [0.15, 0.2) is 12.2 Å². The Morgan fingerprint density at radius 1 is 0.408 bits per heavy atom. The first kappa shape index (κ1) is 99.2. The molecule has 0 aromatic heterocycles. The molecule has 6 heterocycles. The molecule has 33 heteroatoms. The van der Waals surface area contributed by atoms with Gasteiger partial charge in [0.05, 0.1) is 39.6 Å². The second-order valence-electron chi connectivity index (χ2n) is 28.8. The molecule has 0 saturated carbocycles. The van der Waals surface area contributed by atoms with Crippen molar-refractivity contribution < 1.29 is 119 Å². The first-order chi connectivity index (χ1) is 47.0. The van der Waals surface area contributed by atoms with Gasteiger partial charge in [0.25, 0.3) is 0 Å². The van der Waals surface area contributed by atoms with Crippen LogP contribution in [0, 0.1) is 0 Å². The SMILES string of the molecule is CC(C)(C)OC(=O)NC1(C=O)CCOCC1.CCOC(=O)/C=C/C1(NC(=O)OC(C)(C)C)CCOCC1.CCOC(=O)CCC1(Cl)CCOCC1.CCOC(=O)CCC1(NC(=O)OC(C)(C)C)CCOCC1.COC(=O)C1(Cl)CCOCC1.COC(=O)C1(NC(=O)OC(C)(C)C)CCOCC1.N.N. The number of alkyl carbamates (subject to hydrolysis) is 4. The Labute approximate surface area is 620 Å². The molecule has 0 radical (unpaired) electrons. The predicted molar refractivity (Wildman–Crippen MR) is 384 cm³/mol. The van der Waals surface area contributed by atoms with Crippen LogP contribution in [0.1, 0.15) is 207 Å². The van der Waals surface area contributed by atoms with Gasteiger partial charge in [-0.3, -0.25) is 14.4 Å². The molecule has 31 nitrogen and oxygen atoms in total. The summed E-state index contributed by atoms with van der Waals surface area (Å²) < 4.78 is 76.2. The van der Waals surface area contributed by atoms with E-state index in [4.69, 9.17) is 89.5 Å². The lowest BCUT2D eigenvalue weighted by Gasteiger charge is -2.38. The fourth-order valence-electron chi connectivity index (χ4n) is 10.2. The van der Waals surface area contributed by atoms with E-state index in [2.05, 4.69) is 26.0 Å². The van der Waals surface area contributed by atoms with Gasteiger partial charge >= 0.3 is 54.2 Å². The lowest BCUT2D eigenvalue weighted by Crippen LogP contribution is -2.58. The summed E-state index contributed by atoms with van der Waals surface area (Å²) in [5, 5.41) is 11.0. The first-order valence-electron chi connectivity index (χ1n) is 34.7. The van der Waals surface area contributed by atoms with Gasteiger partial charge in [-0.15, -0.1) is 23.2 Å². The third-order valence-electron chi connectivity index (χ3n) is 15.6. The molecule has 103 heavy (non-hydrogen) atoms. The van der Waals surface area contributed by atoms with Crippen molar-refractivity contribution in [3.63, 3.8) is 0 Å². The number of rotatable bonds is 18. The molecular formula is C70H126Cl2N6O25. The summed E-state index contributed by atoms with van der Waals surface area (Å²) in [5.74, 6) is -1.62. The summed E-state index contributed by atoms with van der Waals surface area (Å²) in [5.41, 5.74) is -5.21. The van der Waals surface area contributed by atoms with Crippen molar-refractivity contribution in [2.45, 2.75) is 261 Å². The summed E-state index contributed by atoms with van der Waals surface area (Å²) in [6.07, 6.45) is 10.6. The number of halogens is 2. The summed E-state index contributed by atoms with van der Waals surface area (Å²) in [6.45, 7) is 34.4. The topological polar surface area (TPSA) is 427 Å². The Morgan fingerprint density at radius 3 is 1.10 bits per heavy atom. The molecule has 0 aliphatic carbocycles. The van der Waals surface area contributed by atoms with Crippen molar-refractivity contribution in [1.29, 1.82) is 0 Å². The average Bonchev–Trinajstić information content (AvgIpc) is 0.835. The van der Waals surface area contributed by atoms with Crippen LogP contribution in [0.3, 0.4) is 0 Å². The van der Waals surface area contributed by atoms with E-state index >= 15 is 0 Å². The second kappa shape index (κ2) is 48.3. The van der Waals surface area contributed by atoms with Crippen LogP contribution in [0.2, 0.25) is 0 Å². The maximum Gasteiger partial charge on any atom is 0.408 e. The molecule has 0 spiro atoms. The molecule has 6 aliphatic heterocycles. The van der Waals surface area contributed by atoms with Crippen molar-refractivity contribution in [1.82, 2.24) is 33.6 Å². The minimum Gasteiger partial charge on any atom is -0.468 e. The van der Waals surface area contributed by atoms with Gasteiger partial charge in [-0.05, 0) is 155 Å². The second-order valence-corrected chi connectivity index (χ2v) is 30.3. The van der Waals surface area contributed by atoms with Gasteiger partial charge in [0.2, 0.25) is 0 Å². The minimum absolute atomic E-state index is 0. The van der Waals surface area contributed by atoms with Crippen LogP contribution in [0.4, 0.5) is 19.2 Å². The van der Waals surface area contributed by atoms with Gasteiger partial charge in [-0.2, -0.15) is 0 Å². The molecule has 6 rings (SSSR count). The molecule has 6 saturated heterocycles. The van der Waals surface area contributed by atoms with Gasteiger partial charge in [-0.25, -0.2) is 28.8 Å². The highest BCUT2D eigenvalue weighted by atomic mass is 35.5. The highest BCUT2D eigenvalue weighted by molar-refractivity contribution is 6.34. The van der Waals surface area contributed by atoms with Crippen LogP contribution < -0.4 is 33.6 Å². The van der Waals surface area contributed by atoms with Crippen molar-refractivity contribution in [3.8, 4) is 0 Å². The number of ether oxygens (including phenoxy) is 15. The zero-order valence-electron chi connectivity index (χ0n) is 64.5. The van der Waals surface area contributed by atoms with E-state index in [1.165, 1.54) is 20.3 Å². The van der Waals surface area contributed by atoms with Crippen molar-refractivity contribution in [2.24, 2.45) is 0 Å². The molecule has 600 valence electrons. The number of aldehydes is 1. The fraction of sp³-hybridized carbons (Fsp3) is 0.829. The average molecular weight is 1520 g/mol. The van der Waals surface area contributed by atoms with Gasteiger partial charge in [0.15, 0.2) is 0 Å².